The Hall–Kier alpha value is -3.40. The maximum Gasteiger partial charge on any atom is 0.410 e. The lowest BCUT2D eigenvalue weighted by Gasteiger charge is -2.40. The summed E-state index contributed by atoms with van der Waals surface area (Å²) in [6.07, 6.45) is 3.74. The molecule has 0 saturated carbocycles. The highest BCUT2D eigenvalue weighted by Gasteiger charge is 2.38. The van der Waals surface area contributed by atoms with E-state index in [0.717, 1.165) is 48.9 Å². The quantitative estimate of drug-likeness (QED) is 0.364. The van der Waals surface area contributed by atoms with Crippen molar-refractivity contribution < 1.29 is 32.6 Å². The second-order valence-corrected chi connectivity index (χ2v) is 16.4. The van der Waals surface area contributed by atoms with Gasteiger partial charge in [0.1, 0.15) is 5.75 Å². The van der Waals surface area contributed by atoms with Crippen LogP contribution in [0.2, 0.25) is 0 Å². The number of fused-ring (bicyclic) bond motifs is 1. The Morgan fingerprint density at radius 3 is 2.24 bits per heavy atom. The first-order chi connectivity index (χ1) is 24.0. The molecule has 0 aromatic heterocycles. The summed E-state index contributed by atoms with van der Waals surface area (Å²) in [6.45, 7) is 3.48. The second-order valence-electron chi connectivity index (χ2n) is 13.7. The number of urea groups is 1. The Bertz CT molecular complexity index is 1650. The molecule has 3 N–H and O–H groups in total. The van der Waals surface area contributed by atoms with Crippen LogP contribution in [0.15, 0.2) is 46.9 Å². The van der Waals surface area contributed by atoms with Crippen molar-refractivity contribution in [1.82, 2.24) is 23.7 Å². The number of hydrogen-bond donors (Lipinski definition) is 3. The lowest BCUT2D eigenvalue weighted by molar-refractivity contribution is -0.142. The number of amides is 4. The number of ether oxygens (including phenoxy) is 1. The van der Waals surface area contributed by atoms with E-state index in [0.29, 0.717) is 75.0 Å². The van der Waals surface area contributed by atoms with Crippen LogP contribution < -0.4 is 10.0 Å². The number of halogens is 1. The predicted molar refractivity (Wildman–Crippen MR) is 192 cm³/mol. The summed E-state index contributed by atoms with van der Waals surface area (Å²) in [5.41, 5.74) is 2.68. The Balaban J connectivity index is 1.05. The number of hydrogen-bond acceptors (Lipinski definition) is 7. The van der Waals surface area contributed by atoms with Gasteiger partial charge in [0.25, 0.3) is 16.1 Å². The molecule has 50 heavy (non-hydrogen) atoms. The molecule has 272 valence electrons. The second kappa shape index (κ2) is 15.9. The number of nitrogens with one attached hydrogen (secondary N) is 2. The van der Waals surface area contributed by atoms with Crippen molar-refractivity contribution in [2.45, 2.75) is 63.5 Å². The smallest absolute Gasteiger partial charge is 0.410 e. The first-order valence-electron chi connectivity index (χ1n) is 17.6. The van der Waals surface area contributed by atoms with Crippen LogP contribution in [0.1, 0.15) is 49.7 Å². The zero-order valence-electron chi connectivity index (χ0n) is 28.4. The van der Waals surface area contributed by atoms with E-state index >= 15 is 0 Å². The minimum absolute atomic E-state index is 0.0126. The lowest BCUT2D eigenvalue weighted by Crippen LogP contribution is -2.52. The number of phenolic OH excluding ortho intramolecular Hbond substituents is 1. The van der Waals surface area contributed by atoms with Crippen LogP contribution >= 0.6 is 15.9 Å². The lowest BCUT2D eigenvalue weighted by atomic mass is 9.79. The Morgan fingerprint density at radius 1 is 0.940 bits per heavy atom. The van der Waals surface area contributed by atoms with E-state index in [2.05, 4.69) is 26.0 Å². The standard InChI is InChI=1S/C35H47BrN6O7S/c1-37-50(47,48)41-19-10-26(11-20-41)25-8-15-39(16-9-25)33(44)32(23-24-6-7-31(43)29(36)22-24)49-35(46)40-17-13-28(14-18-40)42-21-12-27-4-2-3-5-30(27)38-34(42)45/h2-7,22,25-26,28,32,37,43H,8-21,23H2,1H3,(H,38,45)/t32-/m1/s1. The molecule has 4 aliphatic heterocycles. The van der Waals surface area contributed by atoms with Crippen LogP contribution in [-0.2, 0) is 32.6 Å². The molecule has 4 aliphatic rings. The molecule has 0 aliphatic carbocycles. The van der Waals surface area contributed by atoms with E-state index in [1.54, 1.807) is 28.0 Å². The Kier molecular flexibility index (Phi) is 11.6. The number of likely N-dealkylation sites (tertiary alicyclic amines) is 2. The SMILES string of the molecule is CNS(=O)(=O)N1CCC(C2CCN(C(=O)[C@@H](Cc3ccc(O)c(Br)c3)OC(=O)N3CCC(N4CCc5ccccc5NC4=O)CC3)CC2)CC1. The number of piperidine rings is 3. The Labute approximate surface area is 302 Å². The molecule has 15 heteroatoms. The zero-order chi connectivity index (χ0) is 35.4. The number of nitrogens with zero attached hydrogens (tertiary/aromatic N) is 4. The molecule has 0 bridgehead atoms. The average Bonchev–Trinajstić information content (AvgIpc) is 3.30. The van der Waals surface area contributed by atoms with Crippen LogP contribution in [0.25, 0.3) is 0 Å². The number of carbonyl (C=O) groups is 3. The van der Waals surface area contributed by atoms with Crippen LogP contribution in [0, 0.1) is 11.8 Å². The fourth-order valence-electron chi connectivity index (χ4n) is 7.88. The van der Waals surface area contributed by atoms with Crippen molar-refractivity contribution in [3.8, 4) is 5.75 Å². The van der Waals surface area contributed by atoms with E-state index in [1.807, 2.05) is 29.2 Å². The number of benzene rings is 2. The summed E-state index contributed by atoms with van der Waals surface area (Å²) in [5.74, 6) is 0.632. The molecule has 4 amide bonds. The highest BCUT2D eigenvalue weighted by Crippen LogP contribution is 2.34. The summed E-state index contributed by atoms with van der Waals surface area (Å²) < 4.78 is 34.8. The minimum Gasteiger partial charge on any atom is -0.507 e. The molecule has 6 rings (SSSR count). The number of rotatable bonds is 8. The molecule has 0 spiro atoms. The number of anilines is 1. The third kappa shape index (κ3) is 8.38. The molecule has 13 nitrogen and oxygen atoms in total. The molecule has 4 heterocycles. The highest BCUT2D eigenvalue weighted by atomic mass is 79.9. The van der Waals surface area contributed by atoms with Crippen LogP contribution in [0.5, 0.6) is 5.75 Å². The van der Waals surface area contributed by atoms with Crippen molar-refractivity contribution in [1.29, 1.82) is 0 Å². The van der Waals surface area contributed by atoms with Crippen LogP contribution in [0.3, 0.4) is 0 Å². The number of phenols is 1. The maximum atomic E-state index is 14.0. The molecule has 3 saturated heterocycles. The molecule has 2 aromatic carbocycles. The summed E-state index contributed by atoms with van der Waals surface area (Å²) in [6, 6.07) is 12.7. The first kappa shape index (κ1) is 36.4. The van der Waals surface area contributed by atoms with Gasteiger partial charge in [0, 0.05) is 71.0 Å². The molecular weight excluding hydrogens is 728 g/mol. The van der Waals surface area contributed by atoms with Gasteiger partial charge in [0.15, 0.2) is 6.10 Å². The fraction of sp³-hybridized carbons (Fsp3) is 0.571. The normalized spacial score (nSPS) is 20.9. The summed E-state index contributed by atoms with van der Waals surface area (Å²) in [5, 5.41) is 13.0. The zero-order valence-corrected chi connectivity index (χ0v) is 30.8. The van der Waals surface area contributed by atoms with Gasteiger partial charge in [-0.15, -0.1) is 0 Å². The molecule has 1 atom stereocenters. The van der Waals surface area contributed by atoms with Crippen molar-refractivity contribution in [3.05, 3.63) is 58.1 Å². The topological polar surface area (TPSA) is 152 Å². The van der Waals surface area contributed by atoms with Crippen molar-refractivity contribution in [3.63, 3.8) is 0 Å². The van der Waals surface area contributed by atoms with Gasteiger partial charge in [-0.2, -0.15) is 12.7 Å². The predicted octanol–water partition coefficient (Wildman–Crippen LogP) is 4.17. The van der Waals surface area contributed by atoms with Gasteiger partial charge >= 0.3 is 12.1 Å². The third-order valence-electron chi connectivity index (χ3n) is 10.9. The fourth-order valence-corrected chi connectivity index (χ4v) is 9.25. The van der Waals surface area contributed by atoms with Gasteiger partial charge in [0.05, 0.1) is 4.47 Å². The first-order valence-corrected chi connectivity index (χ1v) is 19.8. The number of para-hydroxylation sites is 1. The minimum atomic E-state index is -3.42. The van der Waals surface area contributed by atoms with E-state index in [4.69, 9.17) is 4.74 Å². The van der Waals surface area contributed by atoms with Crippen LogP contribution in [0.4, 0.5) is 15.3 Å². The largest absolute Gasteiger partial charge is 0.507 e. The molecular formula is C35H47BrN6O7S. The third-order valence-corrected chi connectivity index (χ3v) is 13.1. The van der Waals surface area contributed by atoms with E-state index in [9.17, 15) is 27.9 Å². The van der Waals surface area contributed by atoms with E-state index in [1.165, 1.54) is 11.4 Å². The molecule has 3 fully saturated rings. The molecule has 2 aromatic rings. The van der Waals surface area contributed by atoms with Crippen molar-refractivity contribution in [2.24, 2.45) is 11.8 Å². The molecule has 0 unspecified atom stereocenters. The summed E-state index contributed by atoms with van der Waals surface area (Å²) >= 11 is 3.35. The van der Waals surface area contributed by atoms with Gasteiger partial charge in [-0.05, 0) is 102 Å². The van der Waals surface area contributed by atoms with Gasteiger partial charge in [-0.3, -0.25) is 4.79 Å². The van der Waals surface area contributed by atoms with Crippen molar-refractivity contribution in [2.75, 3.05) is 58.2 Å². The summed E-state index contributed by atoms with van der Waals surface area (Å²) in [4.78, 5) is 45.9. The maximum absolute atomic E-state index is 14.0. The van der Waals surface area contributed by atoms with Gasteiger partial charge < -0.3 is 29.9 Å². The highest BCUT2D eigenvalue weighted by molar-refractivity contribution is 9.10. The van der Waals surface area contributed by atoms with Gasteiger partial charge in [-0.1, -0.05) is 24.3 Å². The van der Waals surface area contributed by atoms with Crippen LogP contribution in [-0.4, -0.2) is 116 Å². The van der Waals surface area contributed by atoms with E-state index in [-0.39, 0.29) is 30.2 Å². The van der Waals surface area contributed by atoms with E-state index < -0.39 is 22.4 Å². The number of aromatic hydroxyl groups is 1. The van der Waals surface area contributed by atoms with Gasteiger partial charge in [0.2, 0.25) is 0 Å². The monoisotopic (exact) mass is 774 g/mol. The Morgan fingerprint density at radius 2 is 1.58 bits per heavy atom. The molecule has 0 radical (unpaired) electrons. The van der Waals surface area contributed by atoms with Crippen molar-refractivity contribution >= 4 is 49.9 Å². The van der Waals surface area contributed by atoms with Gasteiger partial charge in [-0.25, -0.2) is 14.3 Å². The summed E-state index contributed by atoms with van der Waals surface area (Å²) in [7, 11) is -2.00. The number of carbonyl (C=O) groups excluding carboxylic acids is 3. The average molecular weight is 776 g/mol.